The van der Waals surface area contributed by atoms with E-state index in [4.69, 9.17) is 16.3 Å². The van der Waals surface area contributed by atoms with Crippen LogP contribution in [0.3, 0.4) is 0 Å². The summed E-state index contributed by atoms with van der Waals surface area (Å²) in [4.78, 5) is 25.4. The molecule has 0 radical (unpaired) electrons. The van der Waals surface area contributed by atoms with Crippen LogP contribution in [0.4, 0.5) is 0 Å². The summed E-state index contributed by atoms with van der Waals surface area (Å²) in [6.45, 7) is 1.89. The predicted octanol–water partition coefficient (Wildman–Crippen LogP) is 2.14. The number of nitrogens with one attached hydrogen (secondary N) is 2. The standard InChI is InChI=1S/C16H15ClN2O5S/c1-2-24-16(21)11-7-9-12(10-8-11)25(22,23)19-18-15(20)13-5-3-4-6-14(13)17/h3-10,19H,2H2,1H3,(H,18,20). The molecule has 0 aliphatic carbocycles. The summed E-state index contributed by atoms with van der Waals surface area (Å²) in [5.41, 5.74) is 2.44. The molecule has 0 aliphatic rings. The molecule has 2 aromatic rings. The number of hydrogen-bond acceptors (Lipinski definition) is 5. The summed E-state index contributed by atoms with van der Waals surface area (Å²) in [5, 5.41) is 0.193. The summed E-state index contributed by atoms with van der Waals surface area (Å²) < 4.78 is 29.2. The van der Waals surface area contributed by atoms with Crippen LogP contribution < -0.4 is 10.3 Å². The second-order valence-electron chi connectivity index (χ2n) is 4.78. The van der Waals surface area contributed by atoms with Gasteiger partial charge in [0.25, 0.3) is 15.9 Å². The minimum Gasteiger partial charge on any atom is -0.462 e. The van der Waals surface area contributed by atoms with Gasteiger partial charge in [-0.1, -0.05) is 23.7 Å². The van der Waals surface area contributed by atoms with Crippen molar-refractivity contribution >= 4 is 33.5 Å². The van der Waals surface area contributed by atoms with Crippen LogP contribution in [0.25, 0.3) is 0 Å². The molecule has 0 aromatic heterocycles. The normalized spacial score (nSPS) is 11.0. The largest absolute Gasteiger partial charge is 0.462 e. The molecule has 7 nitrogen and oxygen atoms in total. The number of carbonyl (C=O) groups excluding carboxylic acids is 2. The lowest BCUT2D eigenvalue weighted by atomic mass is 10.2. The Hall–Kier alpha value is -2.42. The molecule has 0 saturated heterocycles. The zero-order valence-corrected chi connectivity index (χ0v) is 14.7. The number of hydrazine groups is 1. The van der Waals surface area contributed by atoms with Gasteiger partial charge in [0.05, 0.1) is 27.7 Å². The third-order valence-corrected chi connectivity index (χ3v) is 4.69. The number of carbonyl (C=O) groups is 2. The molecule has 0 saturated carbocycles. The van der Waals surface area contributed by atoms with Gasteiger partial charge in [-0.15, -0.1) is 4.83 Å². The topological polar surface area (TPSA) is 102 Å². The maximum Gasteiger partial charge on any atom is 0.338 e. The van der Waals surface area contributed by atoms with Crippen LogP contribution in [0.5, 0.6) is 0 Å². The average Bonchev–Trinajstić information content (AvgIpc) is 2.60. The van der Waals surface area contributed by atoms with Crippen molar-refractivity contribution in [2.24, 2.45) is 0 Å². The number of benzene rings is 2. The van der Waals surface area contributed by atoms with Gasteiger partial charge in [0.15, 0.2) is 0 Å². The first-order valence-corrected chi connectivity index (χ1v) is 9.05. The van der Waals surface area contributed by atoms with E-state index >= 15 is 0 Å². The van der Waals surface area contributed by atoms with Crippen molar-refractivity contribution in [1.82, 2.24) is 10.3 Å². The van der Waals surface area contributed by atoms with E-state index in [2.05, 4.69) is 5.43 Å². The van der Waals surface area contributed by atoms with Crippen molar-refractivity contribution in [2.45, 2.75) is 11.8 Å². The van der Waals surface area contributed by atoms with Crippen LogP contribution in [-0.4, -0.2) is 26.9 Å². The lowest BCUT2D eigenvalue weighted by molar-refractivity contribution is 0.0526. The fourth-order valence-electron chi connectivity index (χ4n) is 1.87. The van der Waals surface area contributed by atoms with Gasteiger partial charge in [-0.3, -0.25) is 10.2 Å². The van der Waals surface area contributed by atoms with Crippen molar-refractivity contribution in [3.05, 3.63) is 64.7 Å². The Balaban J connectivity index is 2.08. The Morgan fingerprint density at radius 3 is 2.32 bits per heavy atom. The second-order valence-corrected chi connectivity index (χ2v) is 6.87. The van der Waals surface area contributed by atoms with E-state index < -0.39 is 21.9 Å². The number of rotatable bonds is 6. The Kier molecular flexibility index (Phi) is 6.13. The molecule has 1 amide bonds. The van der Waals surface area contributed by atoms with Gasteiger partial charge >= 0.3 is 5.97 Å². The number of esters is 1. The first kappa shape index (κ1) is 18.9. The third kappa shape index (κ3) is 4.79. The van der Waals surface area contributed by atoms with E-state index in [1.54, 1.807) is 19.1 Å². The third-order valence-electron chi connectivity index (χ3n) is 3.09. The van der Waals surface area contributed by atoms with Gasteiger partial charge in [-0.2, -0.15) is 0 Å². The lowest BCUT2D eigenvalue weighted by Crippen LogP contribution is -2.41. The first-order chi connectivity index (χ1) is 11.8. The predicted molar refractivity (Wildman–Crippen MR) is 91.6 cm³/mol. The van der Waals surface area contributed by atoms with Crippen LogP contribution in [-0.2, 0) is 14.8 Å². The van der Waals surface area contributed by atoms with Gasteiger partial charge in [0.1, 0.15) is 0 Å². The molecule has 0 aliphatic heterocycles. The zero-order valence-electron chi connectivity index (χ0n) is 13.2. The van der Waals surface area contributed by atoms with Gasteiger partial charge < -0.3 is 4.74 Å². The van der Waals surface area contributed by atoms with Gasteiger partial charge in [0.2, 0.25) is 0 Å². The number of hydrogen-bond donors (Lipinski definition) is 2. The zero-order chi connectivity index (χ0) is 18.4. The molecule has 9 heteroatoms. The van der Waals surface area contributed by atoms with E-state index in [9.17, 15) is 18.0 Å². The lowest BCUT2D eigenvalue weighted by Gasteiger charge is -2.09. The Labute approximate surface area is 150 Å². The van der Waals surface area contributed by atoms with E-state index in [1.807, 2.05) is 4.83 Å². The number of amides is 1. The average molecular weight is 383 g/mol. The minimum atomic E-state index is -4.01. The Morgan fingerprint density at radius 1 is 1.08 bits per heavy atom. The van der Waals surface area contributed by atoms with E-state index in [0.717, 1.165) is 0 Å². The number of ether oxygens (including phenoxy) is 1. The van der Waals surface area contributed by atoms with Gasteiger partial charge in [0, 0.05) is 0 Å². The molecule has 0 fully saturated rings. The van der Waals surface area contributed by atoms with Crippen LogP contribution >= 0.6 is 11.6 Å². The Morgan fingerprint density at radius 2 is 1.72 bits per heavy atom. The van der Waals surface area contributed by atoms with Crippen molar-refractivity contribution in [1.29, 1.82) is 0 Å². The highest BCUT2D eigenvalue weighted by molar-refractivity contribution is 7.89. The molecule has 25 heavy (non-hydrogen) atoms. The molecule has 2 N–H and O–H groups in total. The van der Waals surface area contributed by atoms with Crippen LogP contribution in [0.1, 0.15) is 27.6 Å². The van der Waals surface area contributed by atoms with Crippen molar-refractivity contribution in [3.8, 4) is 0 Å². The molecule has 0 bridgehead atoms. The minimum absolute atomic E-state index is 0.125. The van der Waals surface area contributed by atoms with Crippen LogP contribution in [0, 0.1) is 0 Å². The second kappa shape index (κ2) is 8.11. The molecule has 0 spiro atoms. The number of sulfonamides is 1. The highest BCUT2D eigenvalue weighted by atomic mass is 35.5. The summed E-state index contributed by atoms with van der Waals surface area (Å²) in [5.74, 6) is -1.25. The molecule has 0 heterocycles. The molecule has 2 rings (SSSR count). The van der Waals surface area contributed by atoms with E-state index in [-0.39, 0.29) is 27.7 Å². The van der Waals surface area contributed by atoms with Crippen molar-refractivity contribution in [3.63, 3.8) is 0 Å². The summed E-state index contributed by atoms with van der Waals surface area (Å²) >= 11 is 5.88. The first-order valence-electron chi connectivity index (χ1n) is 7.19. The SMILES string of the molecule is CCOC(=O)c1ccc(S(=O)(=O)NNC(=O)c2ccccc2Cl)cc1. The smallest absolute Gasteiger partial charge is 0.338 e. The molecular formula is C16H15ClN2O5S. The fraction of sp³-hybridized carbons (Fsp3) is 0.125. The molecular weight excluding hydrogens is 368 g/mol. The maximum atomic E-state index is 12.2. The quantitative estimate of drug-likeness (QED) is 0.588. The van der Waals surface area contributed by atoms with Crippen molar-refractivity contribution in [2.75, 3.05) is 6.61 Å². The monoisotopic (exact) mass is 382 g/mol. The van der Waals surface area contributed by atoms with Crippen LogP contribution in [0.2, 0.25) is 5.02 Å². The summed E-state index contributed by atoms with van der Waals surface area (Å²) in [6, 6.07) is 11.3. The van der Waals surface area contributed by atoms with Crippen molar-refractivity contribution < 1.29 is 22.7 Å². The molecule has 132 valence electrons. The molecule has 0 atom stereocenters. The maximum absolute atomic E-state index is 12.2. The Bertz CT molecular complexity index is 882. The number of halogens is 1. The highest BCUT2D eigenvalue weighted by Gasteiger charge is 2.17. The molecule has 0 unspecified atom stereocenters. The molecule has 2 aromatic carbocycles. The summed E-state index contributed by atoms with van der Waals surface area (Å²) in [6.07, 6.45) is 0. The fourth-order valence-corrected chi connectivity index (χ4v) is 2.93. The van der Waals surface area contributed by atoms with E-state index in [0.29, 0.717) is 0 Å². The summed E-state index contributed by atoms with van der Waals surface area (Å²) in [7, 11) is -4.01. The van der Waals surface area contributed by atoms with E-state index in [1.165, 1.54) is 36.4 Å². The van der Waals surface area contributed by atoms with Gasteiger partial charge in [-0.05, 0) is 43.3 Å². The van der Waals surface area contributed by atoms with Crippen LogP contribution in [0.15, 0.2) is 53.4 Å². The highest BCUT2D eigenvalue weighted by Crippen LogP contribution is 2.15. The van der Waals surface area contributed by atoms with Gasteiger partial charge in [-0.25, -0.2) is 13.2 Å².